The third-order valence-electron chi connectivity index (χ3n) is 5.01. The summed E-state index contributed by atoms with van der Waals surface area (Å²) < 4.78 is 6.78. The van der Waals surface area contributed by atoms with Gasteiger partial charge in [-0.2, -0.15) is 0 Å². The predicted octanol–water partition coefficient (Wildman–Crippen LogP) is 3.97. The second kappa shape index (κ2) is 10.4. The van der Waals surface area contributed by atoms with Crippen LogP contribution in [0.5, 0.6) is 5.75 Å². The summed E-state index contributed by atoms with van der Waals surface area (Å²) in [6.45, 7) is 3.49. The topological polar surface area (TPSA) is 102 Å². The summed E-state index contributed by atoms with van der Waals surface area (Å²) in [5.74, 6) is 0.312. The largest absolute Gasteiger partial charge is 0.497 e. The summed E-state index contributed by atoms with van der Waals surface area (Å²) in [6, 6.07) is 14.1. The van der Waals surface area contributed by atoms with E-state index in [-0.39, 0.29) is 28.4 Å². The van der Waals surface area contributed by atoms with Gasteiger partial charge in [0.2, 0.25) is 11.8 Å². The average molecular weight is 497 g/mol. The van der Waals surface area contributed by atoms with Crippen LogP contribution < -0.4 is 20.9 Å². The zero-order chi connectivity index (χ0) is 24.2. The molecule has 0 bridgehead atoms. The molecule has 2 N–H and O–H groups in total. The number of anilines is 2. The van der Waals surface area contributed by atoms with Gasteiger partial charge in [-0.05, 0) is 42.5 Å². The lowest BCUT2D eigenvalue weighted by Gasteiger charge is -2.14. The summed E-state index contributed by atoms with van der Waals surface area (Å²) in [7, 11) is 1.59. The highest BCUT2D eigenvalue weighted by Crippen LogP contribution is 2.35. The lowest BCUT2D eigenvalue weighted by molar-refractivity contribution is -0.114. The number of rotatable bonds is 7. The van der Waals surface area contributed by atoms with E-state index >= 15 is 0 Å². The van der Waals surface area contributed by atoms with Gasteiger partial charge >= 0.3 is 0 Å². The minimum atomic E-state index is -0.247. The lowest BCUT2D eigenvalue weighted by Crippen LogP contribution is -2.24. The predicted molar refractivity (Wildman–Crippen MR) is 136 cm³/mol. The monoisotopic (exact) mass is 496 g/mol. The van der Waals surface area contributed by atoms with E-state index in [2.05, 4.69) is 17.6 Å². The molecule has 1 aromatic heterocycles. The number of carbonyl (C=O) groups is 2. The Hall–Kier alpha value is -3.24. The van der Waals surface area contributed by atoms with Gasteiger partial charge in [-0.1, -0.05) is 24.8 Å². The van der Waals surface area contributed by atoms with Gasteiger partial charge in [0.05, 0.1) is 29.1 Å². The smallest absolute Gasteiger partial charge is 0.272 e. The number of thioether (sulfide) groups is 2. The highest BCUT2D eigenvalue weighted by molar-refractivity contribution is 8.00. The van der Waals surface area contributed by atoms with Crippen LogP contribution in [0.4, 0.5) is 11.4 Å². The standard InChI is InChI=1S/C24H24N4O4S2/c1-14-11-20-22(34-14)23(31)28(18-7-9-19(32-3)10-8-18)24(27-20)33-13-21(30)26-17-6-4-5-16(12-17)25-15(2)29/h4-10,12,14H,11,13H2,1-3H3,(H,25,29)(H,26,30). The zero-order valence-corrected chi connectivity index (χ0v) is 20.6. The highest BCUT2D eigenvalue weighted by Gasteiger charge is 2.27. The van der Waals surface area contributed by atoms with Crippen LogP contribution >= 0.6 is 23.5 Å². The number of hydrogen-bond donors (Lipinski definition) is 2. The Morgan fingerprint density at radius 1 is 1.18 bits per heavy atom. The van der Waals surface area contributed by atoms with Crippen molar-refractivity contribution in [2.75, 3.05) is 23.5 Å². The molecule has 2 amide bonds. The van der Waals surface area contributed by atoms with E-state index in [4.69, 9.17) is 9.72 Å². The fourth-order valence-corrected chi connectivity index (χ4v) is 5.49. The van der Waals surface area contributed by atoms with Gasteiger partial charge in [0.1, 0.15) is 5.75 Å². The average Bonchev–Trinajstić information content (AvgIpc) is 3.18. The first kappa shape index (κ1) is 23.9. The van der Waals surface area contributed by atoms with Gasteiger partial charge in [0.15, 0.2) is 5.16 Å². The molecule has 0 spiro atoms. The van der Waals surface area contributed by atoms with E-state index in [1.54, 1.807) is 60.2 Å². The van der Waals surface area contributed by atoms with Crippen LogP contribution in [-0.2, 0) is 16.0 Å². The molecule has 8 nitrogen and oxygen atoms in total. The number of amides is 2. The molecule has 176 valence electrons. The molecular weight excluding hydrogens is 472 g/mol. The second-order valence-corrected chi connectivity index (χ2v) is 10.1. The number of carbonyl (C=O) groups excluding carboxylic acids is 2. The van der Waals surface area contributed by atoms with Crippen molar-refractivity contribution in [3.8, 4) is 11.4 Å². The normalized spacial score (nSPS) is 14.4. The highest BCUT2D eigenvalue weighted by atomic mass is 32.2. The van der Waals surface area contributed by atoms with Crippen LogP contribution in [0.3, 0.4) is 0 Å². The maximum Gasteiger partial charge on any atom is 0.272 e. The van der Waals surface area contributed by atoms with Gasteiger partial charge < -0.3 is 15.4 Å². The number of nitrogens with one attached hydrogen (secondary N) is 2. The summed E-state index contributed by atoms with van der Waals surface area (Å²) in [6.07, 6.45) is 0.717. The van der Waals surface area contributed by atoms with Crippen LogP contribution in [0.15, 0.2) is 63.4 Å². The van der Waals surface area contributed by atoms with Crippen LogP contribution in [-0.4, -0.2) is 39.5 Å². The van der Waals surface area contributed by atoms with E-state index in [0.717, 1.165) is 5.69 Å². The minimum absolute atomic E-state index is 0.0639. The number of ether oxygens (including phenoxy) is 1. The van der Waals surface area contributed by atoms with Gasteiger partial charge in [-0.15, -0.1) is 11.8 Å². The minimum Gasteiger partial charge on any atom is -0.497 e. The lowest BCUT2D eigenvalue weighted by atomic mass is 10.2. The molecule has 34 heavy (non-hydrogen) atoms. The van der Waals surface area contributed by atoms with E-state index < -0.39 is 0 Å². The van der Waals surface area contributed by atoms with Gasteiger partial charge in [0, 0.05) is 30.0 Å². The van der Waals surface area contributed by atoms with Gasteiger partial charge in [-0.3, -0.25) is 19.0 Å². The van der Waals surface area contributed by atoms with Crippen LogP contribution in [0, 0.1) is 0 Å². The molecule has 0 aliphatic carbocycles. The SMILES string of the molecule is COc1ccc(-n2c(SCC(=O)Nc3cccc(NC(C)=O)c3)nc3c(c2=O)SC(C)C3)cc1. The molecule has 10 heteroatoms. The fourth-order valence-electron chi connectivity index (χ4n) is 3.56. The van der Waals surface area contributed by atoms with Gasteiger partial charge in [-0.25, -0.2) is 4.98 Å². The molecule has 1 aliphatic rings. The number of hydrogen-bond acceptors (Lipinski definition) is 7. The third-order valence-corrected chi connectivity index (χ3v) is 7.16. The number of fused-ring (bicyclic) bond motifs is 1. The van der Waals surface area contributed by atoms with E-state index in [1.807, 2.05) is 0 Å². The maximum absolute atomic E-state index is 13.4. The molecule has 0 radical (unpaired) electrons. The number of nitrogens with zero attached hydrogens (tertiary/aromatic N) is 2. The van der Waals surface area contributed by atoms with Gasteiger partial charge in [0.25, 0.3) is 5.56 Å². The van der Waals surface area contributed by atoms with Crippen molar-refractivity contribution in [1.82, 2.24) is 9.55 Å². The number of benzene rings is 2. The van der Waals surface area contributed by atoms with Crippen molar-refractivity contribution >= 4 is 46.7 Å². The van der Waals surface area contributed by atoms with Crippen molar-refractivity contribution in [2.45, 2.75) is 35.6 Å². The van der Waals surface area contributed by atoms with E-state index in [9.17, 15) is 14.4 Å². The molecule has 1 aliphatic heterocycles. The first-order valence-corrected chi connectivity index (χ1v) is 12.5. The summed E-state index contributed by atoms with van der Waals surface area (Å²) in [4.78, 5) is 42.7. The van der Waals surface area contributed by atoms with Crippen molar-refractivity contribution in [1.29, 1.82) is 0 Å². The molecule has 3 aromatic rings. The maximum atomic E-state index is 13.4. The van der Waals surface area contributed by atoms with Crippen molar-refractivity contribution < 1.29 is 14.3 Å². The summed E-state index contributed by atoms with van der Waals surface area (Å²) >= 11 is 2.74. The Balaban J connectivity index is 1.57. The molecule has 1 unspecified atom stereocenters. The number of aromatic nitrogens is 2. The first-order chi connectivity index (χ1) is 16.3. The van der Waals surface area contributed by atoms with Crippen LogP contribution in [0.1, 0.15) is 19.5 Å². The summed E-state index contributed by atoms with van der Waals surface area (Å²) in [5, 5.41) is 6.26. The van der Waals surface area contributed by atoms with E-state index in [1.165, 1.54) is 30.4 Å². The van der Waals surface area contributed by atoms with Crippen LogP contribution in [0.25, 0.3) is 5.69 Å². The number of methoxy groups -OCH3 is 1. The third kappa shape index (κ3) is 5.45. The Kier molecular flexibility index (Phi) is 7.28. The Labute approximate surface area is 205 Å². The molecule has 0 saturated carbocycles. The molecule has 0 fully saturated rings. The van der Waals surface area contributed by atoms with Crippen molar-refractivity contribution in [2.24, 2.45) is 0 Å². The second-order valence-electron chi connectivity index (χ2n) is 7.74. The Bertz CT molecular complexity index is 1290. The Morgan fingerprint density at radius 2 is 1.88 bits per heavy atom. The molecule has 2 heterocycles. The molecule has 0 saturated heterocycles. The van der Waals surface area contributed by atoms with E-state index in [0.29, 0.717) is 39.3 Å². The molecular formula is C24H24N4O4S2. The fraction of sp³-hybridized carbons (Fsp3) is 0.250. The van der Waals surface area contributed by atoms with Crippen molar-refractivity contribution in [3.63, 3.8) is 0 Å². The zero-order valence-electron chi connectivity index (χ0n) is 19.0. The molecule has 4 rings (SSSR count). The van der Waals surface area contributed by atoms with Crippen LogP contribution in [0.2, 0.25) is 0 Å². The molecule has 2 aromatic carbocycles. The quantitative estimate of drug-likeness (QED) is 0.377. The Morgan fingerprint density at radius 3 is 2.56 bits per heavy atom. The summed E-state index contributed by atoms with van der Waals surface area (Å²) in [5.41, 5.74) is 2.47. The van der Waals surface area contributed by atoms with Crippen molar-refractivity contribution in [3.05, 3.63) is 64.6 Å². The molecule has 1 atom stereocenters. The first-order valence-electron chi connectivity index (χ1n) is 10.6.